The third-order valence-electron chi connectivity index (χ3n) is 7.38. The van der Waals surface area contributed by atoms with Gasteiger partial charge in [0.25, 0.3) is 0 Å². The van der Waals surface area contributed by atoms with Gasteiger partial charge in [0.1, 0.15) is 18.5 Å². The Bertz CT molecular complexity index is 1900. The molecule has 12 heteroatoms. The topological polar surface area (TPSA) is 150 Å². The van der Waals surface area contributed by atoms with Gasteiger partial charge < -0.3 is 24.3 Å². The average Bonchev–Trinajstić information content (AvgIpc) is 3.76. The van der Waals surface area contributed by atoms with Crippen LogP contribution in [0.1, 0.15) is 44.1 Å². The third-order valence-corrected chi connectivity index (χ3v) is 7.38. The van der Waals surface area contributed by atoms with Gasteiger partial charge in [-0.25, -0.2) is 14.6 Å². The zero-order chi connectivity index (χ0) is 31.9. The van der Waals surface area contributed by atoms with E-state index in [-0.39, 0.29) is 41.2 Å². The van der Waals surface area contributed by atoms with E-state index in [9.17, 15) is 14.9 Å². The van der Waals surface area contributed by atoms with Gasteiger partial charge in [-0.1, -0.05) is 48.5 Å². The summed E-state index contributed by atoms with van der Waals surface area (Å²) in [6.45, 7) is 1.39. The van der Waals surface area contributed by atoms with Gasteiger partial charge in [-0.05, 0) is 41.8 Å². The number of hydrogen-bond donors (Lipinski definition) is 1. The molecule has 0 aliphatic carbocycles. The van der Waals surface area contributed by atoms with E-state index in [0.29, 0.717) is 55.1 Å². The van der Waals surface area contributed by atoms with Crippen LogP contribution in [0.15, 0.2) is 79.1 Å². The van der Waals surface area contributed by atoms with Crippen molar-refractivity contribution in [1.29, 1.82) is 5.26 Å². The summed E-state index contributed by atoms with van der Waals surface area (Å²) in [6.07, 6.45) is 2.40. The van der Waals surface area contributed by atoms with Gasteiger partial charge in [-0.2, -0.15) is 15.2 Å². The van der Waals surface area contributed by atoms with E-state index in [2.05, 4.69) is 20.3 Å². The number of rotatable bonds is 11. The molecular formula is C34H30N6O6. The monoisotopic (exact) mass is 618 g/mol. The third kappa shape index (κ3) is 6.71. The van der Waals surface area contributed by atoms with Crippen LogP contribution in [-0.4, -0.2) is 64.4 Å². The van der Waals surface area contributed by atoms with E-state index in [4.69, 9.17) is 18.9 Å². The number of fused-ring (bicyclic) bond motifs is 1. The summed E-state index contributed by atoms with van der Waals surface area (Å²) in [5.74, 6) is -0.780. The van der Waals surface area contributed by atoms with Gasteiger partial charge in [-0.3, -0.25) is 4.57 Å². The molecule has 232 valence electrons. The van der Waals surface area contributed by atoms with Crippen LogP contribution in [0.25, 0.3) is 16.9 Å². The van der Waals surface area contributed by atoms with Crippen molar-refractivity contribution in [1.82, 2.24) is 19.5 Å². The van der Waals surface area contributed by atoms with Gasteiger partial charge in [0.05, 0.1) is 36.6 Å². The summed E-state index contributed by atoms with van der Waals surface area (Å²) >= 11 is 0. The molecule has 1 fully saturated rings. The quantitative estimate of drug-likeness (QED) is 0.163. The SMILES string of the molecule is COCc1cc(OC(=O)c2ccccc2)c(-n2cnc3c(NCCc4ccccc4)nc(C#N)nc32)cc1C(=O)OC1CCOC1. The number of carbonyl (C=O) groups is 2. The van der Waals surface area contributed by atoms with Gasteiger partial charge in [0.15, 0.2) is 22.7 Å². The molecule has 12 nitrogen and oxygen atoms in total. The smallest absolute Gasteiger partial charge is 0.343 e. The minimum absolute atomic E-state index is 0.0443. The van der Waals surface area contributed by atoms with Crippen molar-refractivity contribution in [3.63, 3.8) is 0 Å². The van der Waals surface area contributed by atoms with E-state index in [1.54, 1.807) is 47.0 Å². The molecule has 3 heterocycles. The Balaban J connectivity index is 1.43. The number of carbonyl (C=O) groups excluding carboxylic acids is 2. The summed E-state index contributed by atoms with van der Waals surface area (Å²) in [6, 6.07) is 23.6. The lowest BCUT2D eigenvalue weighted by Gasteiger charge is -2.18. The molecule has 1 aliphatic heterocycles. The zero-order valence-corrected chi connectivity index (χ0v) is 25.0. The van der Waals surface area contributed by atoms with Crippen LogP contribution < -0.4 is 10.1 Å². The highest BCUT2D eigenvalue weighted by Crippen LogP contribution is 2.33. The molecular weight excluding hydrogens is 588 g/mol. The maximum Gasteiger partial charge on any atom is 0.343 e. The number of imidazole rings is 1. The lowest BCUT2D eigenvalue weighted by molar-refractivity contribution is 0.0266. The second kappa shape index (κ2) is 14.0. The predicted molar refractivity (Wildman–Crippen MR) is 167 cm³/mol. The standard InChI is InChI=1S/C34H30N6O6/c1-43-19-24-16-28(46-33(41)23-10-6-3-7-11-23)27(17-26(24)34(42)45-25-13-15-44-20-25)40-21-37-30-31(38-29(18-35)39-32(30)40)36-14-12-22-8-4-2-5-9-22/h2-11,16-17,21,25H,12-15,19-20H2,1H3,(H,36,38,39). The van der Waals surface area contributed by atoms with Gasteiger partial charge >= 0.3 is 11.9 Å². The molecule has 1 saturated heterocycles. The van der Waals surface area contributed by atoms with Crippen LogP contribution in [0.2, 0.25) is 0 Å². The first kappa shape index (κ1) is 30.4. The molecule has 1 aliphatic rings. The van der Waals surface area contributed by atoms with Crippen LogP contribution >= 0.6 is 0 Å². The maximum atomic E-state index is 13.5. The van der Waals surface area contributed by atoms with E-state index in [1.807, 2.05) is 36.4 Å². The number of aromatic nitrogens is 4. The van der Waals surface area contributed by atoms with Gasteiger partial charge in [0.2, 0.25) is 5.82 Å². The van der Waals surface area contributed by atoms with Gasteiger partial charge in [-0.15, -0.1) is 0 Å². The normalized spacial score (nSPS) is 14.1. The van der Waals surface area contributed by atoms with Crippen LogP contribution in [0.4, 0.5) is 5.82 Å². The molecule has 1 N–H and O–H groups in total. The van der Waals surface area contributed by atoms with E-state index >= 15 is 0 Å². The Labute approximate surface area is 264 Å². The average molecular weight is 619 g/mol. The highest BCUT2D eigenvalue weighted by Gasteiger charge is 2.26. The minimum Gasteiger partial charge on any atom is -0.456 e. The second-order valence-electron chi connectivity index (χ2n) is 10.5. The minimum atomic E-state index is -0.608. The lowest BCUT2D eigenvalue weighted by Crippen LogP contribution is -2.20. The van der Waals surface area contributed by atoms with Crippen LogP contribution in [-0.2, 0) is 27.2 Å². The molecule has 1 unspecified atom stereocenters. The summed E-state index contributed by atoms with van der Waals surface area (Å²) in [7, 11) is 1.50. The molecule has 46 heavy (non-hydrogen) atoms. The Morgan fingerprint density at radius 1 is 1.07 bits per heavy atom. The zero-order valence-electron chi connectivity index (χ0n) is 25.0. The van der Waals surface area contributed by atoms with Crippen molar-refractivity contribution in [3.05, 3.63) is 107 Å². The van der Waals surface area contributed by atoms with Crippen molar-refractivity contribution >= 4 is 28.9 Å². The predicted octanol–water partition coefficient (Wildman–Crippen LogP) is 4.65. The molecule has 0 bridgehead atoms. The number of benzene rings is 3. The Hall–Kier alpha value is -5.64. The lowest BCUT2D eigenvalue weighted by atomic mass is 10.1. The fourth-order valence-electron chi connectivity index (χ4n) is 5.12. The summed E-state index contributed by atoms with van der Waals surface area (Å²) in [4.78, 5) is 40.1. The number of nitrogens with one attached hydrogen (secondary N) is 1. The fourth-order valence-corrected chi connectivity index (χ4v) is 5.12. The first-order valence-electron chi connectivity index (χ1n) is 14.7. The van der Waals surface area contributed by atoms with Crippen molar-refractivity contribution in [2.75, 3.05) is 32.2 Å². The summed E-state index contributed by atoms with van der Waals surface area (Å²) < 4.78 is 24.0. The van der Waals surface area contributed by atoms with Gasteiger partial charge in [0, 0.05) is 20.1 Å². The molecule has 3 aromatic carbocycles. The van der Waals surface area contributed by atoms with Crippen LogP contribution in [0.3, 0.4) is 0 Å². The first-order valence-corrected chi connectivity index (χ1v) is 14.7. The Morgan fingerprint density at radius 2 is 1.85 bits per heavy atom. The number of esters is 2. The number of hydrogen-bond acceptors (Lipinski definition) is 11. The van der Waals surface area contributed by atoms with E-state index in [1.165, 1.54) is 13.4 Å². The number of ether oxygens (including phenoxy) is 4. The fraction of sp³-hybridized carbons (Fsp3) is 0.235. The first-order chi connectivity index (χ1) is 22.5. The molecule has 6 rings (SSSR count). The molecule has 0 spiro atoms. The number of anilines is 1. The Morgan fingerprint density at radius 3 is 2.57 bits per heavy atom. The largest absolute Gasteiger partial charge is 0.456 e. The van der Waals surface area contributed by atoms with Crippen molar-refractivity contribution in [2.24, 2.45) is 0 Å². The molecule has 0 radical (unpaired) electrons. The van der Waals surface area contributed by atoms with Crippen LogP contribution in [0, 0.1) is 11.3 Å². The molecule has 2 aromatic heterocycles. The van der Waals surface area contributed by atoms with Crippen molar-refractivity contribution in [2.45, 2.75) is 25.6 Å². The number of nitrogens with zero attached hydrogens (tertiary/aromatic N) is 5. The highest BCUT2D eigenvalue weighted by molar-refractivity contribution is 5.95. The summed E-state index contributed by atoms with van der Waals surface area (Å²) in [5, 5.41) is 13.1. The second-order valence-corrected chi connectivity index (χ2v) is 10.5. The molecule has 0 saturated carbocycles. The van der Waals surface area contributed by atoms with E-state index in [0.717, 1.165) is 5.56 Å². The van der Waals surface area contributed by atoms with Crippen molar-refractivity contribution < 1.29 is 28.5 Å². The maximum absolute atomic E-state index is 13.5. The highest BCUT2D eigenvalue weighted by atomic mass is 16.6. The van der Waals surface area contributed by atoms with E-state index < -0.39 is 11.9 Å². The molecule has 1 atom stereocenters. The number of methoxy groups -OCH3 is 1. The summed E-state index contributed by atoms with van der Waals surface area (Å²) in [5.41, 5.74) is 3.07. The molecule has 5 aromatic rings. The Kier molecular flexibility index (Phi) is 9.24. The van der Waals surface area contributed by atoms with Crippen LogP contribution in [0.5, 0.6) is 5.75 Å². The van der Waals surface area contributed by atoms with Crippen molar-refractivity contribution in [3.8, 4) is 17.5 Å². The number of nitriles is 1. The molecule has 0 amide bonds.